The maximum Gasteiger partial charge on any atom is 0.307 e. The second kappa shape index (κ2) is 13.7. The number of carbonyl (C=O) groups is 1. The highest BCUT2D eigenvalue weighted by atomic mass is 19.1. The molecule has 47 heavy (non-hydrogen) atoms. The Morgan fingerprint density at radius 3 is 2.04 bits per heavy atom. The van der Waals surface area contributed by atoms with Gasteiger partial charge in [-0.1, -0.05) is 18.2 Å². The summed E-state index contributed by atoms with van der Waals surface area (Å²) in [6.07, 6.45) is 1.61. The molecule has 0 radical (unpaired) electrons. The number of nitrogens with zero attached hydrogens (tertiary/aromatic N) is 3. The van der Waals surface area contributed by atoms with Gasteiger partial charge in [-0.2, -0.15) is 5.10 Å². The van der Waals surface area contributed by atoms with Crippen molar-refractivity contribution in [2.75, 3.05) is 0 Å². The first-order chi connectivity index (χ1) is 22.8. The minimum atomic E-state index is -0.464. The SMILES string of the molecule is Cc1ccc(C)n1-c1ccc(OCc2ccc(C(=O)N/N=C/c3cc(C)n(-c4ccc(OCc5ccccc5F)cc4)c3C)o2)cc1. The molecule has 0 unspecified atom stereocenters. The molecule has 0 aliphatic carbocycles. The monoisotopic (exact) mass is 630 g/mol. The summed E-state index contributed by atoms with van der Waals surface area (Å²) in [5.74, 6) is 1.25. The van der Waals surface area contributed by atoms with E-state index in [0.717, 1.165) is 28.3 Å². The third-order valence-corrected chi connectivity index (χ3v) is 7.92. The number of halogens is 1. The molecular weight excluding hydrogens is 595 g/mol. The summed E-state index contributed by atoms with van der Waals surface area (Å²) < 4.78 is 35.5. The summed E-state index contributed by atoms with van der Waals surface area (Å²) in [4.78, 5) is 12.7. The second-order valence-corrected chi connectivity index (χ2v) is 11.2. The van der Waals surface area contributed by atoms with E-state index in [1.54, 1.807) is 36.5 Å². The van der Waals surface area contributed by atoms with E-state index in [-0.39, 0.29) is 24.8 Å². The van der Waals surface area contributed by atoms with Gasteiger partial charge in [0.25, 0.3) is 0 Å². The van der Waals surface area contributed by atoms with Crippen LogP contribution >= 0.6 is 0 Å². The first-order valence-corrected chi connectivity index (χ1v) is 15.2. The molecule has 0 aliphatic rings. The van der Waals surface area contributed by atoms with E-state index < -0.39 is 5.91 Å². The predicted octanol–water partition coefficient (Wildman–Crippen LogP) is 8.16. The molecule has 6 aromatic rings. The number of hydrogen-bond donors (Lipinski definition) is 1. The molecule has 1 N–H and O–H groups in total. The lowest BCUT2D eigenvalue weighted by molar-refractivity contribution is 0.0923. The zero-order valence-electron chi connectivity index (χ0n) is 26.7. The summed E-state index contributed by atoms with van der Waals surface area (Å²) in [5, 5.41) is 4.16. The van der Waals surface area contributed by atoms with Crippen LogP contribution in [0.2, 0.25) is 0 Å². The van der Waals surface area contributed by atoms with E-state index in [1.165, 1.54) is 17.5 Å². The molecule has 238 valence electrons. The Morgan fingerprint density at radius 1 is 0.766 bits per heavy atom. The number of amides is 1. The maximum atomic E-state index is 13.9. The molecule has 0 atom stereocenters. The van der Waals surface area contributed by atoms with E-state index in [9.17, 15) is 9.18 Å². The fraction of sp³-hybridized carbons (Fsp3) is 0.158. The van der Waals surface area contributed by atoms with Gasteiger partial charge in [0.15, 0.2) is 5.76 Å². The Balaban J connectivity index is 1.02. The molecule has 0 aliphatic heterocycles. The quantitative estimate of drug-likeness (QED) is 0.116. The molecule has 3 aromatic carbocycles. The minimum absolute atomic E-state index is 0.137. The van der Waals surface area contributed by atoms with Crippen molar-refractivity contribution >= 4 is 12.1 Å². The highest BCUT2D eigenvalue weighted by molar-refractivity contribution is 5.92. The zero-order chi connectivity index (χ0) is 32.9. The van der Waals surface area contributed by atoms with Crippen LogP contribution in [0.1, 0.15) is 50.2 Å². The molecule has 6 rings (SSSR count). The van der Waals surface area contributed by atoms with Gasteiger partial charge in [-0.15, -0.1) is 0 Å². The molecule has 0 saturated carbocycles. The number of aryl methyl sites for hydroxylation is 3. The predicted molar refractivity (Wildman–Crippen MR) is 179 cm³/mol. The van der Waals surface area contributed by atoms with Crippen molar-refractivity contribution in [1.82, 2.24) is 14.6 Å². The number of hydrazone groups is 1. The second-order valence-electron chi connectivity index (χ2n) is 11.2. The molecule has 0 spiro atoms. The number of aromatic nitrogens is 2. The lowest BCUT2D eigenvalue weighted by Gasteiger charge is -2.12. The van der Waals surface area contributed by atoms with Gasteiger partial charge >= 0.3 is 5.91 Å². The van der Waals surface area contributed by atoms with Gasteiger partial charge in [-0.3, -0.25) is 4.79 Å². The van der Waals surface area contributed by atoms with E-state index in [2.05, 4.69) is 45.6 Å². The van der Waals surface area contributed by atoms with Gasteiger partial charge in [-0.05, 0) is 113 Å². The fourth-order valence-corrected chi connectivity index (χ4v) is 5.50. The van der Waals surface area contributed by atoms with Gasteiger partial charge in [-0.25, -0.2) is 9.82 Å². The maximum absolute atomic E-state index is 13.9. The van der Waals surface area contributed by atoms with Gasteiger partial charge in [0.2, 0.25) is 0 Å². The molecule has 0 fully saturated rings. The number of benzene rings is 3. The topological polar surface area (TPSA) is 82.9 Å². The Hall–Kier alpha value is -5.83. The fourth-order valence-electron chi connectivity index (χ4n) is 5.50. The van der Waals surface area contributed by atoms with Crippen molar-refractivity contribution in [3.8, 4) is 22.9 Å². The van der Waals surface area contributed by atoms with Crippen molar-refractivity contribution in [2.45, 2.75) is 40.9 Å². The zero-order valence-corrected chi connectivity index (χ0v) is 26.7. The molecular formula is C38H35FN4O4. The van der Waals surface area contributed by atoms with Crippen LogP contribution in [0.15, 0.2) is 113 Å². The van der Waals surface area contributed by atoms with Gasteiger partial charge in [0, 0.05) is 45.3 Å². The molecule has 0 saturated heterocycles. The lowest BCUT2D eigenvalue weighted by atomic mass is 10.2. The van der Waals surface area contributed by atoms with Gasteiger partial charge in [0.05, 0.1) is 6.21 Å². The van der Waals surface area contributed by atoms with E-state index in [0.29, 0.717) is 22.8 Å². The standard InChI is InChI=1S/C38H35FN4O4/c1-25-9-10-26(2)42(25)31-11-15-34(16-12-31)46-24-35-19-20-37(47-35)38(44)41-40-22-30-21-27(3)43(28(30)4)32-13-17-33(18-14-32)45-23-29-7-5-6-8-36(29)39/h5-22H,23-24H2,1-4H3,(H,41,44)/b40-22+. The smallest absolute Gasteiger partial charge is 0.307 e. The number of furan rings is 1. The van der Waals surface area contributed by atoms with E-state index in [4.69, 9.17) is 13.9 Å². The number of ether oxygens (including phenoxy) is 2. The summed E-state index contributed by atoms with van der Waals surface area (Å²) >= 11 is 0. The number of hydrogen-bond acceptors (Lipinski definition) is 5. The average Bonchev–Trinajstić information content (AvgIpc) is 3.77. The Bertz CT molecular complexity index is 2020. The lowest BCUT2D eigenvalue weighted by Crippen LogP contribution is -2.16. The Labute approximate surface area is 272 Å². The average molecular weight is 631 g/mol. The number of rotatable bonds is 11. The molecule has 0 bridgehead atoms. The van der Waals surface area contributed by atoms with Crippen LogP contribution in [0.4, 0.5) is 4.39 Å². The summed E-state index contributed by atoms with van der Waals surface area (Å²) in [6.45, 7) is 8.46. The highest BCUT2D eigenvalue weighted by Gasteiger charge is 2.13. The van der Waals surface area contributed by atoms with Crippen LogP contribution in [0.25, 0.3) is 11.4 Å². The molecule has 9 heteroatoms. The number of carbonyl (C=O) groups excluding carboxylic acids is 1. The Kier molecular flexibility index (Phi) is 9.06. The molecule has 1 amide bonds. The minimum Gasteiger partial charge on any atom is -0.489 e. The normalized spacial score (nSPS) is 11.3. The van der Waals surface area contributed by atoms with E-state index in [1.807, 2.05) is 68.4 Å². The van der Waals surface area contributed by atoms with Crippen molar-refractivity contribution < 1.29 is 23.1 Å². The van der Waals surface area contributed by atoms with Gasteiger partial charge in [0.1, 0.15) is 36.3 Å². The first kappa shape index (κ1) is 31.2. The van der Waals surface area contributed by atoms with Crippen LogP contribution in [0.5, 0.6) is 11.5 Å². The van der Waals surface area contributed by atoms with Crippen LogP contribution in [0.3, 0.4) is 0 Å². The summed E-state index contributed by atoms with van der Waals surface area (Å²) in [7, 11) is 0. The van der Waals surface area contributed by atoms with Crippen molar-refractivity contribution in [2.24, 2.45) is 5.10 Å². The van der Waals surface area contributed by atoms with Crippen molar-refractivity contribution in [3.05, 3.63) is 154 Å². The van der Waals surface area contributed by atoms with Crippen molar-refractivity contribution in [3.63, 3.8) is 0 Å². The number of nitrogens with one attached hydrogen (secondary N) is 1. The molecule has 3 heterocycles. The van der Waals surface area contributed by atoms with Crippen LogP contribution in [-0.2, 0) is 13.2 Å². The van der Waals surface area contributed by atoms with Crippen LogP contribution < -0.4 is 14.9 Å². The highest BCUT2D eigenvalue weighted by Crippen LogP contribution is 2.24. The molecule has 3 aromatic heterocycles. The van der Waals surface area contributed by atoms with Crippen molar-refractivity contribution in [1.29, 1.82) is 0 Å². The summed E-state index contributed by atoms with van der Waals surface area (Å²) in [6, 6.07) is 31.5. The largest absolute Gasteiger partial charge is 0.489 e. The van der Waals surface area contributed by atoms with Crippen LogP contribution in [-0.4, -0.2) is 21.3 Å². The first-order valence-electron chi connectivity index (χ1n) is 15.2. The van der Waals surface area contributed by atoms with E-state index >= 15 is 0 Å². The molecule has 8 nitrogen and oxygen atoms in total. The van der Waals surface area contributed by atoms with Gasteiger partial charge < -0.3 is 23.0 Å². The third-order valence-electron chi connectivity index (χ3n) is 7.92. The summed E-state index contributed by atoms with van der Waals surface area (Å²) in [5.41, 5.74) is 10.2. The van der Waals surface area contributed by atoms with Crippen LogP contribution in [0, 0.1) is 33.5 Å². The third kappa shape index (κ3) is 7.04. The Morgan fingerprint density at radius 2 is 1.38 bits per heavy atom.